The lowest BCUT2D eigenvalue weighted by molar-refractivity contribution is -0.697. The summed E-state index contributed by atoms with van der Waals surface area (Å²) in [7, 11) is 0. The van der Waals surface area contributed by atoms with Crippen molar-refractivity contribution in [2.45, 2.75) is 58.9 Å². The highest BCUT2D eigenvalue weighted by Gasteiger charge is 2.02. The second-order valence-corrected chi connectivity index (χ2v) is 4.58. The van der Waals surface area contributed by atoms with Crippen molar-refractivity contribution in [1.29, 1.82) is 0 Å². The fourth-order valence-electron chi connectivity index (χ4n) is 1.72. The van der Waals surface area contributed by atoms with Crippen molar-refractivity contribution in [2.75, 3.05) is 0 Å². The van der Waals surface area contributed by atoms with E-state index in [-0.39, 0.29) is 0 Å². The second kappa shape index (κ2) is 6.60. The minimum absolute atomic E-state index is 0.639. The van der Waals surface area contributed by atoms with E-state index in [0.29, 0.717) is 5.92 Å². The molecule has 0 unspecified atom stereocenters. The lowest BCUT2D eigenvalue weighted by Crippen LogP contribution is -2.32. The van der Waals surface area contributed by atoms with E-state index in [9.17, 15) is 0 Å². The van der Waals surface area contributed by atoms with Gasteiger partial charge in [-0.1, -0.05) is 33.6 Å². The largest absolute Gasteiger partial charge is 0.205 e. The SMILES string of the molecule is CCCCCC[n+]1ccc(C(C)C)cc1. The molecule has 15 heavy (non-hydrogen) atoms. The number of hydrogen-bond donors (Lipinski definition) is 0. The number of pyridine rings is 1. The van der Waals surface area contributed by atoms with Gasteiger partial charge in [0.1, 0.15) is 6.54 Å². The first-order chi connectivity index (χ1) is 7.24. The van der Waals surface area contributed by atoms with Crippen molar-refractivity contribution < 1.29 is 4.57 Å². The lowest BCUT2D eigenvalue weighted by Gasteiger charge is -2.03. The quantitative estimate of drug-likeness (QED) is 0.494. The Balaban J connectivity index is 2.36. The van der Waals surface area contributed by atoms with Crippen LogP contribution in [0.5, 0.6) is 0 Å². The molecule has 84 valence electrons. The molecule has 0 spiro atoms. The fourth-order valence-corrected chi connectivity index (χ4v) is 1.72. The molecular weight excluding hydrogens is 182 g/mol. The number of rotatable bonds is 6. The smallest absolute Gasteiger partial charge is 0.169 e. The molecule has 0 saturated carbocycles. The number of aromatic nitrogens is 1. The first kappa shape index (κ1) is 12.2. The highest BCUT2D eigenvalue weighted by Crippen LogP contribution is 2.10. The maximum atomic E-state index is 2.29. The Morgan fingerprint density at radius 2 is 1.73 bits per heavy atom. The van der Waals surface area contributed by atoms with Gasteiger partial charge >= 0.3 is 0 Å². The third-order valence-electron chi connectivity index (χ3n) is 2.85. The number of aryl methyl sites for hydroxylation is 1. The van der Waals surface area contributed by atoms with Crippen LogP contribution < -0.4 is 4.57 Å². The van der Waals surface area contributed by atoms with Crippen LogP contribution in [-0.4, -0.2) is 0 Å². The van der Waals surface area contributed by atoms with E-state index in [1.54, 1.807) is 0 Å². The Morgan fingerprint density at radius 1 is 1.07 bits per heavy atom. The monoisotopic (exact) mass is 206 g/mol. The van der Waals surface area contributed by atoms with Crippen LogP contribution in [0.3, 0.4) is 0 Å². The minimum atomic E-state index is 0.639. The molecule has 0 N–H and O–H groups in total. The summed E-state index contributed by atoms with van der Waals surface area (Å²) in [5.74, 6) is 0.639. The summed E-state index contributed by atoms with van der Waals surface area (Å²) in [6.45, 7) is 7.89. The third kappa shape index (κ3) is 4.46. The second-order valence-electron chi connectivity index (χ2n) is 4.58. The van der Waals surface area contributed by atoms with Crippen molar-refractivity contribution in [3.63, 3.8) is 0 Å². The average molecular weight is 206 g/mol. The van der Waals surface area contributed by atoms with Crippen LogP contribution in [0.1, 0.15) is 57.9 Å². The molecule has 1 aromatic rings. The van der Waals surface area contributed by atoms with E-state index in [4.69, 9.17) is 0 Å². The van der Waals surface area contributed by atoms with Crippen LogP contribution in [0.25, 0.3) is 0 Å². The van der Waals surface area contributed by atoms with Crippen LogP contribution >= 0.6 is 0 Å². The van der Waals surface area contributed by atoms with Gasteiger partial charge < -0.3 is 0 Å². The lowest BCUT2D eigenvalue weighted by atomic mass is 10.1. The van der Waals surface area contributed by atoms with E-state index < -0.39 is 0 Å². The summed E-state index contributed by atoms with van der Waals surface area (Å²) in [5.41, 5.74) is 1.43. The molecule has 0 aliphatic rings. The van der Waals surface area contributed by atoms with E-state index in [1.165, 1.54) is 37.8 Å². The average Bonchev–Trinajstić information content (AvgIpc) is 2.25. The summed E-state index contributed by atoms with van der Waals surface area (Å²) in [5, 5.41) is 0. The van der Waals surface area contributed by atoms with E-state index in [0.717, 1.165) is 0 Å². The first-order valence-corrected chi connectivity index (χ1v) is 6.23. The van der Waals surface area contributed by atoms with Gasteiger partial charge in [-0.2, -0.15) is 0 Å². The van der Waals surface area contributed by atoms with Gasteiger partial charge in [-0.05, 0) is 17.9 Å². The summed E-state index contributed by atoms with van der Waals surface area (Å²) < 4.78 is 2.29. The molecule has 0 saturated heterocycles. The highest BCUT2D eigenvalue weighted by molar-refractivity contribution is 5.11. The van der Waals surface area contributed by atoms with Gasteiger partial charge in [0.25, 0.3) is 0 Å². The fraction of sp³-hybridized carbons (Fsp3) is 0.643. The van der Waals surface area contributed by atoms with Gasteiger partial charge in [-0.25, -0.2) is 4.57 Å². The zero-order valence-electron chi connectivity index (χ0n) is 10.4. The van der Waals surface area contributed by atoms with Gasteiger partial charge in [0.2, 0.25) is 0 Å². The molecule has 0 aromatic carbocycles. The molecule has 1 rings (SSSR count). The number of hydrogen-bond acceptors (Lipinski definition) is 0. The molecule has 0 atom stereocenters. The van der Waals surface area contributed by atoms with E-state index in [1.807, 2.05) is 0 Å². The Bertz CT molecular complexity index is 261. The molecule has 0 radical (unpaired) electrons. The van der Waals surface area contributed by atoms with Crippen LogP contribution in [0, 0.1) is 0 Å². The van der Waals surface area contributed by atoms with Gasteiger partial charge in [0.15, 0.2) is 12.4 Å². The highest BCUT2D eigenvalue weighted by atomic mass is 14.9. The number of unbranched alkanes of at least 4 members (excludes halogenated alkanes) is 3. The zero-order valence-corrected chi connectivity index (χ0v) is 10.4. The van der Waals surface area contributed by atoms with Crippen LogP contribution in [0.2, 0.25) is 0 Å². The van der Waals surface area contributed by atoms with Crippen molar-refractivity contribution in [3.05, 3.63) is 30.1 Å². The zero-order chi connectivity index (χ0) is 11.1. The van der Waals surface area contributed by atoms with Crippen molar-refractivity contribution in [1.82, 2.24) is 0 Å². The summed E-state index contributed by atoms with van der Waals surface area (Å²) in [6, 6.07) is 4.48. The first-order valence-electron chi connectivity index (χ1n) is 6.23. The maximum Gasteiger partial charge on any atom is 0.169 e. The van der Waals surface area contributed by atoms with Crippen molar-refractivity contribution >= 4 is 0 Å². The molecule has 1 nitrogen and oxygen atoms in total. The molecule has 1 heteroatoms. The molecule has 1 aromatic heterocycles. The molecule has 0 aliphatic carbocycles. The van der Waals surface area contributed by atoms with Gasteiger partial charge in [-0.15, -0.1) is 0 Å². The molecular formula is C14H24N+. The summed E-state index contributed by atoms with van der Waals surface area (Å²) in [6.07, 6.45) is 9.76. The predicted molar refractivity (Wildman–Crippen MR) is 64.9 cm³/mol. The Morgan fingerprint density at radius 3 is 2.27 bits per heavy atom. The van der Waals surface area contributed by atoms with Crippen molar-refractivity contribution in [3.8, 4) is 0 Å². The summed E-state index contributed by atoms with van der Waals surface area (Å²) in [4.78, 5) is 0. The number of nitrogens with zero attached hydrogens (tertiary/aromatic N) is 1. The topological polar surface area (TPSA) is 3.88 Å². The predicted octanol–water partition coefficient (Wildman–Crippen LogP) is 3.68. The maximum absolute atomic E-state index is 2.29. The van der Waals surface area contributed by atoms with E-state index in [2.05, 4.69) is 49.9 Å². The van der Waals surface area contributed by atoms with Gasteiger partial charge in [0.05, 0.1) is 0 Å². The van der Waals surface area contributed by atoms with Crippen LogP contribution in [-0.2, 0) is 6.54 Å². The summed E-state index contributed by atoms with van der Waals surface area (Å²) >= 11 is 0. The molecule has 0 aliphatic heterocycles. The molecule has 0 bridgehead atoms. The van der Waals surface area contributed by atoms with E-state index >= 15 is 0 Å². The Hall–Kier alpha value is -0.850. The third-order valence-corrected chi connectivity index (χ3v) is 2.85. The molecule has 0 amide bonds. The minimum Gasteiger partial charge on any atom is -0.205 e. The standard InChI is InChI=1S/C14H24N/c1-4-5-6-7-10-15-11-8-14(9-12-15)13(2)3/h8-9,11-13H,4-7,10H2,1-3H3/q+1. The molecule has 0 fully saturated rings. The Labute approximate surface area is 94.1 Å². The van der Waals surface area contributed by atoms with Gasteiger partial charge in [-0.3, -0.25) is 0 Å². The van der Waals surface area contributed by atoms with Gasteiger partial charge in [0, 0.05) is 18.6 Å². The Kier molecular flexibility index (Phi) is 5.38. The van der Waals surface area contributed by atoms with Crippen molar-refractivity contribution in [2.24, 2.45) is 0 Å². The normalized spacial score (nSPS) is 10.9. The van der Waals surface area contributed by atoms with Crippen LogP contribution in [0.4, 0.5) is 0 Å². The molecule has 1 heterocycles. The van der Waals surface area contributed by atoms with Crippen LogP contribution in [0.15, 0.2) is 24.5 Å².